The number of hydrogen-bond donors (Lipinski definition) is 1. The minimum atomic E-state index is 0.259. The number of fused-ring (bicyclic) bond motifs is 1. The number of likely N-dealkylation sites (N-methyl/N-ethyl adjacent to an activating group) is 1. The minimum absolute atomic E-state index is 0.259. The van der Waals surface area contributed by atoms with Gasteiger partial charge in [-0.2, -0.15) is 0 Å². The van der Waals surface area contributed by atoms with E-state index >= 15 is 0 Å². The standard InChI is InChI=1S/C19H27N3O/c1-21-11-8-16-12-15(6-7-17(16)21)18(22-9-2-3-10-22)13-20-19(23)14-4-5-14/h6-7,12,14,18H,2-5,8-11,13H2,1H3,(H,20,23). The minimum Gasteiger partial charge on any atom is -0.374 e. The first-order valence-corrected chi connectivity index (χ1v) is 9.08. The van der Waals surface area contributed by atoms with Crippen molar-refractivity contribution in [2.24, 2.45) is 5.92 Å². The van der Waals surface area contributed by atoms with E-state index in [2.05, 4.69) is 40.4 Å². The molecule has 1 aromatic rings. The maximum atomic E-state index is 12.0. The topological polar surface area (TPSA) is 35.6 Å². The Hall–Kier alpha value is -1.55. The third-order valence-corrected chi connectivity index (χ3v) is 5.62. The molecule has 1 aliphatic carbocycles. The van der Waals surface area contributed by atoms with Gasteiger partial charge >= 0.3 is 0 Å². The molecule has 23 heavy (non-hydrogen) atoms. The molecule has 1 aromatic carbocycles. The van der Waals surface area contributed by atoms with Crippen molar-refractivity contribution in [3.63, 3.8) is 0 Å². The number of benzene rings is 1. The van der Waals surface area contributed by atoms with Crippen LogP contribution in [0.5, 0.6) is 0 Å². The molecule has 4 rings (SSSR count). The van der Waals surface area contributed by atoms with Crippen LogP contribution in [0.15, 0.2) is 18.2 Å². The van der Waals surface area contributed by atoms with Crippen LogP contribution in [0.3, 0.4) is 0 Å². The highest BCUT2D eigenvalue weighted by Crippen LogP contribution is 2.33. The summed E-state index contributed by atoms with van der Waals surface area (Å²) in [5, 5.41) is 3.21. The predicted octanol–water partition coefficient (Wildman–Crippen LogP) is 2.34. The lowest BCUT2D eigenvalue weighted by Gasteiger charge is -2.29. The van der Waals surface area contributed by atoms with Gasteiger partial charge in [-0.05, 0) is 62.4 Å². The van der Waals surface area contributed by atoms with Crippen molar-refractivity contribution < 1.29 is 4.79 Å². The van der Waals surface area contributed by atoms with E-state index in [9.17, 15) is 4.79 Å². The molecule has 0 radical (unpaired) electrons. The molecule has 1 saturated heterocycles. The van der Waals surface area contributed by atoms with Crippen molar-refractivity contribution in [1.29, 1.82) is 0 Å². The summed E-state index contributed by atoms with van der Waals surface area (Å²) in [5.74, 6) is 0.554. The molecule has 1 saturated carbocycles. The zero-order valence-corrected chi connectivity index (χ0v) is 14.1. The van der Waals surface area contributed by atoms with Gasteiger partial charge in [0, 0.05) is 31.7 Å². The van der Waals surface area contributed by atoms with Crippen LogP contribution in [-0.2, 0) is 11.2 Å². The first-order chi connectivity index (χ1) is 11.2. The highest BCUT2D eigenvalue weighted by molar-refractivity contribution is 5.80. The third-order valence-electron chi connectivity index (χ3n) is 5.62. The van der Waals surface area contributed by atoms with Crippen LogP contribution in [0.4, 0.5) is 5.69 Å². The molecule has 1 N–H and O–H groups in total. The van der Waals surface area contributed by atoms with E-state index in [-0.39, 0.29) is 5.91 Å². The summed E-state index contributed by atoms with van der Waals surface area (Å²) in [6.07, 6.45) is 5.85. The normalized spacial score (nSPS) is 22.2. The predicted molar refractivity (Wildman–Crippen MR) is 92.7 cm³/mol. The number of nitrogens with one attached hydrogen (secondary N) is 1. The lowest BCUT2D eigenvalue weighted by molar-refractivity contribution is -0.122. The lowest BCUT2D eigenvalue weighted by atomic mass is 10.0. The summed E-state index contributed by atoms with van der Waals surface area (Å²) >= 11 is 0. The summed E-state index contributed by atoms with van der Waals surface area (Å²) in [6, 6.07) is 7.25. The Balaban J connectivity index is 1.53. The molecule has 1 amide bonds. The first-order valence-electron chi connectivity index (χ1n) is 9.08. The van der Waals surface area contributed by atoms with Gasteiger partial charge < -0.3 is 10.2 Å². The van der Waals surface area contributed by atoms with Crippen molar-refractivity contribution in [1.82, 2.24) is 10.2 Å². The molecular formula is C19H27N3O. The zero-order valence-electron chi connectivity index (χ0n) is 14.1. The Morgan fingerprint density at radius 1 is 1.26 bits per heavy atom. The van der Waals surface area contributed by atoms with Crippen LogP contribution in [0, 0.1) is 5.92 Å². The van der Waals surface area contributed by atoms with Crippen molar-refractivity contribution in [3.8, 4) is 0 Å². The van der Waals surface area contributed by atoms with Gasteiger partial charge in [0.2, 0.25) is 5.91 Å². The van der Waals surface area contributed by atoms with E-state index in [0.29, 0.717) is 12.0 Å². The first kappa shape index (κ1) is 15.0. The molecule has 0 spiro atoms. The Morgan fingerprint density at radius 3 is 2.78 bits per heavy atom. The van der Waals surface area contributed by atoms with E-state index < -0.39 is 0 Å². The van der Waals surface area contributed by atoms with Gasteiger partial charge in [0.15, 0.2) is 0 Å². The van der Waals surface area contributed by atoms with Gasteiger partial charge in [-0.3, -0.25) is 9.69 Å². The second-order valence-electron chi connectivity index (χ2n) is 7.34. The molecule has 4 heteroatoms. The number of amides is 1. The second kappa shape index (κ2) is 6.16. The fraction of sp³-hybridized carbons (Fsp3) is 0.632. The van der Waals surface area contributed by atoms with E-state index in [0.717, 1.165) is 45.4 Å². The quantitative estimate of drug-likeness (QED) is 0.906. The summed E-state index contributed by atoms with van der Waals surface area (Å²) < 4.78 is 0. The van der Waals surface area contributed by atoms with Crippen molar-refractivity contribution >= 4 is 11.6 Å². The SMILES string of the molecule is CN1CCc2cc(C(CNC(=O)C3CC3)N3CCCC3)ccc21. The summed E-state index contributed by atoms with van der Waals surface area (Å²) in [4.78, 5) is 16.9. The monoisotopic (exact) mass is 313 g/mol. The third kappa shape index (κ3) is 3.09. The number of likely N-dealkylation sites (tertiary alicyclic amines) is 1. The number of carbonyl (C=O) groups excluding carboxylic acids is 1. The van der Waals surface area contributed by atoms with Crippen LogP contribution in [0.1, 0.15) is 42.9 Å². The number of carbonyl (C=O) groups is 1. The Morgan fingerprint density at radius 2 is 2.04 bits per heavy atom. The molecule has 124 valence electrons. The number of anilines is 1. The molecule has 3 aliphatic rings. The maximum absolute atomic E-state index is 12.0. The van der Waals surface area contributed by atoms with Crippen LogP contribution in [0.2, 0.25) is 0 Å². The molecule has 2 heterocycles. The average Bonchev–Trinajstić information content (AvgIpc) is 3.16. The van der Waals surface area contributed by atoms with E-state index in [4.69, 9.17) is 0 Å². The summed E-state index contributed by atoms with van der Waals surface area (Å²) in [5.41, 5.74) is 4.20. The van der Waals surface area contributed by atoms with Gasteiger partial charge in [0.1, 0.15) is 0 Å². The highest BCUT2D eigenvalue weighted by atomic mass is 16.2. The van der Waals surface area contributed by atoms with E-state index in [1.54, 1.807) is 0 Å². The zero-order chi connectivity index (χ0) is 15.8. The van der Waals surface area contributed by atoms with Crippen LogP contribution in [0.25, 0.3) is 0 Å². The Labute approximate surface area is 138 Å². The van der Waals surface area contributed by atoms with Crippen LogP contribution in [-0.4, -0.2) is 44.0 Å². The van der Waals surface area contributed by atoms with Crippen molar-refractivity contribution in [2.75, 3.05) is 38.1 Å². The molecule has 1 unspecified atom stereocenters. The number of hydrogen-bond acceptors (Lipinski definition) is 3. The molecular weight excluding hydrogens is 286 g/mol. The smallest absolute Gasteiger partial charge is 0.223 e. The molecule has 4 nitrogen and oxygen atoms in total. The van der Waals surface area contributed by atoms with Gasteiger partial charge in [-0.1, -0.05) is 12.1 Å². The van der Waals surface area contributed by atoms with Crippen molar-refractivity contribution in [3.05, 3.63) is 29.3 Å². The van der Waals surface area contributed by atoms with Gasteiger partial charge in [-0.25, -0.2) is 0 Å². The van der Waals surface area contributed by atoms with Gasteiger partial charge in [0.25, 0.3) is 0 Å². The summed E-state index contributed by atoms with van der Waals surface area (Å²) in [7, 11) is 2.17. The summed E-state index contributed by atoms with van der Waals surface area (Å²) in [6.45, 7) is 4.18. The Kier molecular flexibility index (Phi) is 4.02. The van der Waals surface area contributed by atoms with E-state index in [1.165, 1.54) is 29.7 Å². The number of nitrogens with zero attached hydrogens (tertiary/aromatic N) is 2. The highest BCUT2D eigenvalue weighted by Gasteiger charge is 2.31. The molecule has 1 atom stereocenters. The second-order valence-corrected chi connectivity index (χ2v) is 7.34. The van der Waals surface area contributed by atoms with Crippen LogP contribution >= 0.6 is 0 Å². The van der Waals surface area contributed by atoms with Crippen LogP contribution < -0.4 is 10.2 Å². The lowest BCUT2D eigenvalue weighted by Crippen LogP contribution is -2.37. The molecule has 0 bridgehead atoms. The van der Waals surface area contributed by atoms with Crippen molar-refractivity contribution in [2.45, 2.75) is 38.1 Å². The molecule has 2 fully saturated rings. The largest absolute Gasteiger partial charge is 0.374 e. The number of rotatable bonds is 5. The maximum Gasteiger partial charge on any atom is 0.223 e. The Bertz CT molecular complexity index is 590. The van der Waals surface area contributed by atoms with Gasteiger partial charge in [-0.15, -0.1) is 0 Å². The fourth-order valence-corrected chi connectivity index (χ4v) is 3.99. The van der Waals surface area contributed by atoms with Gasteiger partial charge in [0.05, 0.1) is 6.04 Å². The van der Waals surface area contributed by atoms with E-state index in [1.807, 2.05) is 0 Å². The molecule has 2 aliphatic heterocycles. The molecule has 0 aromatic heterocycles. The average molecular weight is 313 g/mol. The fourth-order valence-electron chi connectivity index (χ4n) is 3.99.